The first-order chi connectivity index (χ1) is 11.2. The van der Waals surface area contributed by atoms with E-state index in [2.05, 4.69) is 9.88 Å². The smallest absolute Gasteiger partial charge is 0.262 e. The zero-order valence-corrected chi connectivity index (χ0v) is 13.8. The SMILES string of the molecule is Cc1cc2c(=O)n3c(nc2s1)CCN(Cc1ccccn1)CC3. The summed E-state index contributed by atoms with van der Waals surface area (Å²) >= 11 is 1.60. The second-order valence-corrected chi connectivity index (χ2v) is 7.14. The van der Waals surface area contributed by atoms with E-state index in [1.165, 1.54) is 0 Å². The van der Waals surface area contributed by atoms with Gasteiger partial charge in [0.2, 0.25) is 0 Å². The molecule has 4 rings (SSSR count). The molecule has 6 heteroatoms. The van der Waals surface area contributed by atoms with Gasteiger partial charge in [-0.1, -0.05) is 6.07 Å². The van der Waals surface area contributed by atoms with Gasteiger partial charge in [-0.25, -0.2) is 4.98 Å². The number of hydrogen-bond donors (Lipinski definition) is 0. The molecule has 0 spiro atoms. The van der Waals surface area contributed by atoms with Gasteiger partial charge in [-0.05, 0) is 25.1 Å². The lowest BCUT2D eigenvalue weighted by Gasteiger charge is -2.18. The second kappa shape index (κ2) is 5.86. The van der Waals surface area contributed by atoms with Crippen LogP contribution < -0.4 is 5.56 Å². The molecule has 118 valence electrons. The summed E-state index contributed by atoms with van der Waals surface area (Å²) in [5, 5.41) is 0.759. The Balaban J connectivity index is 1.61. The quantitative estimate of drug-likeness (QED) is 0.724. The van der Waals surface area contributed by atoms with Crippen LogP contribution in [0.2, 0.25) is 0 Å². The van der Waals surface area contributed by atoms with E-state index >= 15 is 0 Å². The molecule has 0 unspecified atom stereocenters. The monoisotopic (exact) mass is 326 g/mol. The van der Waals surface area contributed by atoms with E-state index < -0.39 is 0 Å². The number of thiophene rings is 1. The van der Waals surface area contributed by atoms with Gasteiger partial charge >= 0.3 is 0 Å². The summed E-state index contributed by atoms with van der Waals surface area (Å²) < 4.78 is 1.85. The minimum atomic E-state index is 0.106. The van der Waals surface area contributed by atoms with Crippen LogP contribution in [0.4, 0.5) is 0 Å². The number of nitrogens with zero attached hydrogens (tertiary/aromatic N) is 4. The van der Waals surface area contributed by atoms with Crippen molar-refractivity contribution in [3.05, 3.63) is 57.2 Å². The van der Waals surface area contributed by atoms with E-state index in [0.29, 0.717) is 6.54 Å². The van der Waals surface area contributed by atoms with E-state index in [9.17, 15) is 4.79 Å². The van der Waals surface area contributed by atoms with Gasteiger partial charge < -0.3 is 0 Å². The van der Waals surface area contributed by atoms with Gasteiger partial charge in [0.1, 0.15) is 10.7 Å². The zero-order chi connectivity index (χ0) is 15.8. The Hall–Kier alpha value is -2.05. The lowest BCUT2D eigenvalue weighted by Crippen LogP contribution is -2.28. The van der Waals surface area contributed by atoms with E-state index in [1.807, 2.05) is 42.0 Å². The van der Waals surface area contributed by atoms with Gasteiger partial charge in [0.05, 0.1) is 11.1 Å². The standard InChI is InChI=1S/C17H18N4OS/c1-12-10-14-16(23-12)19-15-5-7-20(8-9-21(15)17(14)22)11-13-4-2-3-6-18-13/h2-4,6,10H,5,7-9,11H2,1H3. The third kappa shape index (κ3) is 2.80. The molecule has 1 aliphatic heterocycles. The van der Waals surface area contributed by atoms with Crippen LogP contribution in [0.5, 0.6) is 0 Å². The molecule has 0 saturated carbocycles. The molecule has 1 aliphatic rings. The molecule has 3 aromatic rings. The minimum absolute atomic E-state index is 0.106. The Morgan fingerprint density at radius 3 is 3.00 bits per heavy atom. The topological polar surface area (TPSA) is 51.0 Å². The lowest BCUT2D eigenvalue weighted by atomic mass is 10.3. The van der Waals surface area contributed by atoms with E-state index in [4.69, 9.17) is 4.98 Å². The van der Waals surface area contributed by atoms with Crippen LogP contribution >= 0.6 is 11.3 Å². The number of pyridine rings is 1. The van der Waals surface area contributed by atoms with Crippen molar-refractivity contribution in [2.45, 2.75) is 26.4 Å². The highest BCUT2D eigenvalue weighted by Gasteiger charge is 2.18. The Kier molecular flexibility index (Phi) is 3.71. The molecule has 4 heterocycles. The maximum Gasteiger partial charge on any atom is 0.262 e. The van der Waals surface area contributed by atoms with Crippen molar-refractivity contribution in [1.29, 1.82) is 0 Å². The summed E-state index contributed by atoms with van der Waals surface area (Å²) in [6, 6.07) is 7.94. The molecule has 0 fully saturated rings. The molecule has 0 atom stereocenters. The third-order valence-electron chi connectivity index (χ3n) is 4.26. The summed E-state index contributed by atoms with van der Waals surface area (Å²) in [5.74, 6) is 0.910. The summed E-state index contributed by atoms with van der Waals surface area (Å²) in [6.07, 6.45) is 2.62. The number of aryl methyl sites for hydroxylation is 1. The van der Waals surface area contributed by atoms with Gasteiger partial charge in [-0.2, -0.15) is 0 Å². The predicted octanol–water partition coefficient (Wildman–Crippen LogP) is 2.22. The van der Waals surface area contributed by atoms with Crippen LogP contribution in [0.25, 0.3) is 10.2 Å². The highest BCUT2D eigenvalue weighted by Crippen LogP contribution is 2.21. The molecule has 0 amide bonds. The Morgan fingerprint density at radius 1 is 1.26 bits per heavy atom. The maximum absolute atomic E-state index is 12.7. The molecule has 23 heavy (non-hydrogen) atoms. The Labute approximate surface area is 138 Å². The minimum Gasteiger partial charge on any atom is -0.295 e. The molecule has 0 aliphatic carbocycles. The van der Waals surface area contributed by atoms with Crippen molar-refractivity contribution < 1.29 is 0 Å². The molecule has 0 bridgehead atoms. The number of hydrogen-bond acceptors (Lipinski definition) is 5. The largest absolute Gasteiger partial charge is 0.295 e. The van der Waals surface area contributed by atoms with Crippen molar-refractivity contribution in [3.63, 3.8) is 0 Å². The molecule has 0 radical (unpaired) electrons. The fraction of sp³-hybridized carbons (Fsp3) is 0.353. The summed E-state index contributed by atoms with van der Waals surface area (Å²) in [5.41, 5.74) is 1.17. The van der Waals surface area contributed by atoms with Crippen LogP contribution in [0.15, 0.2) is 35.3 Å². The van der Waals surface area contributed by atoms with Crippen molar-refractivity contribution in [1.82, 2.24) is 19.4 Å². The highest BCUT2D eigenvalue weighted by molar-refractivity contribution is 7.18. The fourth-order valence-corrected chi connectivity index (χ4v) is 3.98. The van der Waals surface area contributed by atoms with Gasteiger partial charge in [0, 0.05) is 43.7 Å². The molecular formula is C17H18N4OS. The third-order valence-corrected chi connectivity index (χ3v) is 5.20. The molecule has 5 nitrogen and oxygen atoms in total. The van der Waals surface area contributed by atoms with Gasteiger partial charge in [0.15, 0.2) is 0 Å². The molecule has 0 saturated heterocycles. The zero-order valence-electron chi connectivity index (χ0n) is 13.0. The Morgan fingerprint density at radius 2 is 2.17 bits per heavy atom. The molecule has 0 N–H and O–H groups in total. The van der Waals surface area contributed by atoms with Gasteiger partial charge in [-0.3, -0.25) is 19.2 Å². The summed E-state index contributed by atoms with van der Waals surface area (Å²) in [4.78, 5) is 26.2. The number of aromatic nitrogens is 3. The maximum atomic E-state index is 12.7. The van der Waals surface area contributed by atoms with E-state index in [0.717, 1.165) is 52.7 Å². The number of fused-ring (bicyclic) bond motifs is 2. The Bertz CT molecular complexity index is 900. The van der Waals surface area contributed by atoms with Gasteiger partial charge in [0.25, 0.3) is 5.56 Å². The summed E-state index contributed by atoms with van der Waals surface area (Å²) in [6.45, 7) is 5.28. The molecule has 0 aromatic carbocycles. The van der Waals surface area contributed by atoms with E-state index in [1.54, 1.807) is 11.3 Å². The van der Waals surface area contributed by atoms with E-state index in [-0.39, 0.29) is 5.56 Å². The first-order valence-electron chi connectivity index (χ1n) is 7.83. The number of rotatable bonds is 2. The van der Waals surface area contributed by atoms with Gasteiger partial charge in [-0.15, -0.1) is 11.3 Å². The van der Waals surface area contributed by atoms with Crippen molar-refractivity contribution >= 4 is 21.6 Å². The molecular weight excluding hydrogens is 308 g/mol. The van der Waals surface area contributed by atoms with Crippen molar-refractivity contribution in [3.8, 4) is 0 Å². The van der Waals surface area contributed by atoms with Crippen LogP contribution in [0.1, 0.15) is 16.4 Å². The van der Waals surface area contributed by atoms with Crippen LogP contribution in [-0.4, -0.2) is 32.5 Å². The summed E-state index contributed by atoms with van der Waals surface area (Å²) in [7, 11) is 0. The van der Waals surface area contributed by atoms with Crippen LogP contribution in [0.3, 0.4) is 0 Å². The van der Waals surface area contributed by atoms with Crippen molar-refractivity contribution in [2.75, 3.05) is 13.1 Å². The fourth-order valence-electron chi connectivity index (χ4n) is 3.09. The predicted molar refractivity (Wildman–Crippen MR) is 91.8 cm³/mol. The molecule has 3 aromatic heterocycles. The van der Waals surface area contributed by atoms with Crippen LogP contribution in [0, 0.1) is 6.92 Å². The normalized spacial score (nSPS) is 15.5. The average molecular weight is 326 g/mol. The first kappa shape index (κ1) is 14.5. The lowest BCUT2D eigenvalue weighted by molar-refractivity contribution is 0.268. The second-order valence-electron chi connectivity index (χ2n) is 5.91. The highest BCUT2D eigenvalue weighted by atomic mass is 32.1. The van der Waals surface area contributed by atoms with Crippen molar-refractivity contribution in [2.24, 2.45) is 0 Å². The average Bonchev–Trinajstić information content (AvgIpc) is 2.81. The van der Waals surface area contributed by atoms with Crippen LogP contribution in [-0.2, 0) is 19.5 Å². The first-order valence-corrected chi connectivity index (χ1v) is 8.64.